The molecule has 0 saturated heterocycles. The van der Waals surface area contributed by atoms with Gasteiger partial charge in [-0.2, -0.15) is 0 Å². The fraction of sp³-hybridized carbons (Fsp3) is 0.625. The molecule has 19 heavy (non-hydrogen) atoms. The molecule has 0 spiro atoms. The van der Waals surface area contributed by atoms with E-state index in [1.807, 2.05) is 12.1 Å². The highest BCUT2D eigenvalue weighted by molar-refractivity contribution is 5.51. The van der Waals surface area contributed by atoms with Crippen molar-refractivity contribution >= 4 is 5.69 Å². The summed E-state index contributed by atoms with van der Waals surface area (Å²) < 4.78 is 5.19. The Bertz CT molecular complexity index is 378. The lowest BCUT2D eigenvalue weighted by atomic mass is 10.1. The number of anilines is 1. The molecule has 0 atom stereocenters. The van der Waals surface area contributed by atoms with Crippen molar-refractivity contribution in [3.8, 4) is 5.75 Å². The lowest BCUT2D eigenvalue weighted by Crippen LogP contribution is -2.31. The molecule has 1 rings (SSSR count). The van der Waals surface area contributed by atoms with Crippen molar-refractivity contribution in [2.24, 2.45) is 11.8 Å². The maximum absolute atomic E-state index is 6.10. The zero-order valence-corrected chi connectivity index (χ0v) is 12.9. The lowest BCUT2D eigenvalue weighted by molar-refractivity contribution is 0.212. The summed E-state index contributed by atoms with van der Waals surface area (Å²) in [6.45, 7) is 12.1. The molecule has 3 heteroatoms. The van der Waals surface area contributed by atoms with Crippen molar-refractivity contribution in [1.82, 2.24) is 4.90 Å². The predicted octanol–water partition coefficient (Wildman–Crippen LogP) is 3.39. The first-order valence-electron chi connectivity index (χ1n) is 7.07. The smallest absolute Gasteiger partial charge is 0.120 e. The number of nitrogen functional groups attached to an aromatic ring is 1. The number of hydrogen-bond donors (Lipinski definition) is 1. The van der Waals surface area contributed by atoms with Gasteiger partial charge >= 0.3 is 0 Å². The number of hydrogen-bond acceptors (Lipinski definition) is 3. The van der Waals surface area contributed by atoms with Crippen LogP contribution in [0.2, 0.25) is 0 Å². The van der Waals surface area contributed by atoms with Crippen molar-refractivity contribution in [3.05, 3.63) is 23.8 Å². The van der Waals surface area contributed by atoms with Gasteiger partial charge in [-0.05, 0) is 23.5 Å². The summed E-state index contributed by atoms with van der Waals surface area (Å²) in [6.07, 6.45) is 0. The van der Waals surface area contributed by atoms with Crippen LogP contribution >= 0.6 is 0 Å². The fourth-order valence-electron chi connectivity index (χ4n) is 2.32. The lowest BCUT2D eigenvalue weighted by Gasteiger charge is -2.26. The van der Waals surface area contributed by atoms with Gasteiger partial charge in [-0.15, -0.1) is 0 Å². The third-order valence-corrected chi connectivity index (χ3v) is 2.99. The van der Waals surface area contributed by atoms with Crippen molar-refractivity contribution < 1.29 is 4.74 Å². The quantitative estimate of drug-likeness (QED) is 0.767. The molecular formula is C16H28N2O. The molecule has 2 N–H and O–H groups in total. The van der Waals surface area contributed by atoms with Gasteiger partial charge in [-0.1, -0.05) is 33.8 Å². The number of ether oxygens (including phenoxy) is 1. The van der Waals surface area contributed by atoms with Crippen LogP contribution in [0.25, 0.3) is 0 Å². The number of nitrogens with zero attached hydrogens (tertiary/aromatic N) is 1. The minimum atomic E-state index is 0.665. The summed E-state index contributed by atoms with van der Waals surface area (Å²) in [5.74, 6) is 2.15. The molecule has 0 bridgehead atoms. The minimum Gasteiger partial charge on any atom is -0.497 e. The molecule has 108 valence electrons. The van der Waals surface area contributed by atoms with Gasteiger partial charge in [0, 0.05) is 31.4 Å². The zero-order valence-electron chi connectivity index (χ0n) is 12.9. The third kappa shape index (κ3) is 5.52. The van der Waals surface area contributed by atoms with Crippen molar-refractivity contribution in [2.75, 3.05) is 25.9 Å². The highest BCUT2D eigenvalue weighted by Gasteiger charge is 2.12. The van der Waals surface area contributed by atoms with Gasteiger partial charge in [0.25, 0.3) is 0 Å². The number of benzene rings is 1. The first-order chi connectivity index (χ1) is 8.92. The van der Waals surface area contributed by atoms with Gasteiger partial charge in [0.05, 0.1) is 7.11 Å². The van der Waals surface area contributed by atoms with Gasteiger partial charge in [0.2, 0.25) is 0 Å². The Morgan fingerprint density at radius 1 is 1.11 bits per heavy atom. The van der Waals surface area contributed by atoms with E-state index in [1.54, 1.807) is 7.11 Å². The average Bonchev–Trinajstić information content (AvgIpc) is 2.30. The van der Waals surface area contributed by atoms with Crippen LogP contribution in [0.5, 0.6) is 5.75 Å². The van der Waals surface area contributed by atoms with Crippen molar-refractivity contribution in [3.63, 3.8) is 0 Å². The van der Waals surface area contributed by atoms with Crippen LogP contribution in [-0.4, -0.2) is 25.1 Å². The second-order valence-corrected chi connectivity index (χ2v) is 6.05. The standard InChI is InChI=1S/C16H28N2O/c1-12(2)9-18(10-13(3)4)11-14-6-7-15(19-5)8-16(14)17/h6-8,12-13H,9-11,17H2,1-5H3. The van der Waals surface area contributed by atoms with E-state index in [2.05, 4.69) is 38.7 Å². The molecule has 0 heterocycles. The first kappa shape index (κ1) is 15.8. The van der Waals surface area contributed by atoms with Crippen molar-refractivity contribution in [1.29, 1.82) is 0 Å². The molecule has 0 unspecified atom stereocenters. The Labute approximate surface area is 117 Å². The van der Waals surface area contributed by atoms with Crippen LogP contribution < -0.4 is 10.5 Å². The molecule has 0 aliphatic rings. The Hall–Kier alpha value is -1.22. The Morgan fingerprint density at radius 2 is 1.68 bits per heavy atom. The van der Waals surface area contributed by atoms with Crippen LogP contribution in [0.15, 0.2) is 18.2 Å². The van der Waals surface area contributed by atoms with Gasteiger partial charge in [-0.3, -0.25) is 4.90 Å². The zero-order chi connectivity index (χ0) is 14.4. The SMILES string of the molecule is COc1ccc(CN(CC(C)C)CC(C)C)c(N)c1. The van der Waals surface area contributed by atoms with Gasteiger partial charge in [-0.25, -0.2) is 0 Å². The van der Waals surface area contributed by atoms with E-state index in [9.17, 15) is 0 Å². The number of nitrogens with two attached hydrogens (primary N) is 1. The van der Waals surface area contributed by atoms with Gasteiger partial charge < -0.3 is 10.5 Å². The molecule has 1 aromatic rings. The van der Waals surface area contributed by atoms with Gasteiger partial charge in [0.15, 0.2) is 0 Å². The van der Waals surface area contributed by atoms with Crippen LogP contribution in [0.3, 0.4) is 0 Å². The Morgan fingerprint density at radius 3 is 2.11 bits per heavy atom. The normalized spacial score (nSPS) is 11.6. The average molecular weight is 264 g/mol. The second-order valence-electron chi connectivity index (χ2n) is 6.05. The summed E-state index contributed by atoms with van der Waals surface area (Å²) in [6, 6.07) is 5.95. The second kappa shape index (κ2) is 7.39. The maximum atomic E-state index is 6.10. The molecule has 0 aromatic heterocycles. The molecular weight excluding hydrogens is 236 g/mol. The number of methoxy groups -OCH3 is 1. The maximum Gasteiger partial charge on any atom is 0.120 e. The highest BCUT2D eigenvalue weighted by Crippen LogP contribution is 2.21. The Kier molecular flexibility index (Phi) is 6.16. The van der Waals surface area contributed by atoms with E-state index in [0.29, 0.717) is 11.8 Å². The van der Waals surface area contributed by atoms with Gasteiger partial charge in [0.1, 0.15) is 5.75 Å². The first-order valence-corrected chi connectivity index (χ1v) is 7.07. The molecule has 0 radical (unpaired) electrons. The topological polar surface area (TPSA) is 38.5 Å². The van der Waals surface area contributed by atoms with Crippen LogP contribution in [0.4, 0.5) is 5.69 Å². The molecule has 3 nitrogen and oxygen atoms in total. The van der Waals surface area contributed by atoms with E-state index < -0.39 is 0 Å². The van der Waals surface area contributed by atoms with Crippen LogP contribution in [0, 0.1) is 11.8 Å². The molecule has 0 aliphatic carbocycles. The Balaban J connectivity index is 2.77. The molecule has 0 aliphatic heterocycles. The summed E-state index contributed by atoms with van der Waals surface area (Å²) in [7, 11) is 1.66. The van der Waals surface area contributed by atoms with E-state index >= 15 is 0 Å². The molecule has 1 aromatic carbocycles. The summed E-state index contributed by atoms with van der Waals surface area (Å²) in [5.41, 5.74) is 8.10. The van der Waals surface area contributed by atoms with E-state index in [1.165, 1.54) is 5.56 Å². The monoisotopic (exact) mass is 264 g/mol. The minimum absolute atomic E-state index is 0.665. The molecule has 0 fully saturated rings. The van der Waals surface area contributed by atoms with Crippen molar-refractivity contribution in [2.45, 2.75) is 34.2 Å². The largest absolute Gasteiger partial charge is 0.497 e. The van der Waals surface area contributed by atoms with E-state index in [0.717, 1.165) is 31.1 Å². The van der Waals surface area contributed by atoms with Crippen LogP contribution in [-0.2, 0) is 6.54 Å². The molecule has 0 saturated carbocycles. The molecule has 0 amide bonds. The fourth-order valence-corrected chi connectivity index (χ4v) is 2.32. The highest BCUT2D eigenvalue weighted by atomic mass is 16.5. The summed E-state index contributed by atoms with van der Waals surface area (Å²) in [4.78, 5) is 2.48. The summed E-state index contributed by atoms with van der Waals surface area (Å²) >= 11 is 0. The van der Waals surface area contributed by atoms with E-state index in [-0.39, 0.29) is 0 Å². The summed E-state index contributed by atoms with van der Waals surface area (Å²) in [5, 5.41) is 0. The van der Waals surface area contributed by atoms with Crippen LogP contribution in [0.1, 0.15) is 33.3 Å². The number of rotatable bonds is 7. The predicted molar refractivity (Wildman–Crippen MR) is 82.4 cm³/mol. The third-order valence-electron chi connectivity index (χ3n) is 2.99. The van der Waals surface area contributed by atoms with E-state index in [4.69, 9.17) is 10.5 Å².